The van der Waals surface area contributed by atoms with Gasteiger partial charge in [0.25, 0.3) is 0 Å². The molecule has 0 aliphatic carbocycles. The van der Waals surface area contributed by atoms with Gasteiger partial charge in [-0.25, -0.2) is 4.79 Å². The summed E-state index contributed by atoms with van der Waals surface area (Å²) in [5.41, 5.74) is 1.02. The Morgan fingerprint density at radius 1 is 1.25 bits per heavy atom. The quantitative estimate of drug-likeness (QED) is 0.858. The molecule has 0 N–H and O–H groups in total. The number of nitrogens with zero attached hydrogens (tertiary/aromatic N) is 2. The molecule has 0 radical (unpaired) electrons. The van der Waals surface area contributed by atoms with Crippen molar-refractivity contribution in [2.45, 2.75) is 13.5 Å². The molecule has 0 unspecified atom stereocenters. The number of hydrogen-bond acceptors (Lipinski definition) is 3. The van der Waals surface area contributed by atoms with Crippen LogP contribution in [0.1, 0.15) is 12.5 Å². The highest BCUT2D eigenvalue weighted by molar-refractivity contribution is 6.42. The lowest BCUT2D eigenvalue weighted by Gasteiger charge is -2.34. The van der Waals surface area contributed by atoms with Gasteiger partial charge in [0.15, 0.2) is 0 Å². The number of amides is 1. The molecule has 6 heteroatoms. The van der Waals surface area contributed by atoms with Gasteiger partial charge in [-0.05, 0) is 18.6 Å². The van der Waals surface area contributed by atoms with E-state index in [2.05, 4.69) is 4.90 Å². The van der Waals surface area contributed by atoms with Gasteiger partial charge >= 0.3 is 6.09 Å². The van der Waals surface area contributed by atoms with E-state index < -0.39 is 0 Å². The molecule has 1 aromatic carbocycles. The topological polar surface area (TPSA) is 32.8 Å². The minimum atomic E-state index is -0.229. The summed E-state index contributed by atoms with van der Waals surface area (Å²) >= 11 is 12.2. The van der Waals surface area contributed by atoms with Crippen LogP contribution in [-0.4, -0.2) is 48.7 Å². The summed E-state index contributed by atoms with van der Waals surface area (Å²) in [5.74, 6) is 0. The molecule has 0 saturated carbocycles. The zero-order valence-electron chi connectivity index (χ0n) is 11.4. The molecular weight excluding hydrogens is 299 g/mol. The van der Waals surface area contributed by atoms with Gasteiger partial charge in [-0.2, -0.15) is 0 Å². The van der Waals surface area contributed by atoms with Crippen LogP contribution < -0.4 is 0 Å². The molecule has 0 aromatic heterocycles. The Kier molecular flexibility index (Phi) is 5.52. The molecule has 1 amide bonds. The number of carbonyl (C=O) groups excluding carboxylic acids is 1. The molecule has 1 aliphatic rings. The first kappa shape index (κ1) is 15.4. The van der Waals surface area contributed by atoms with Gasteiger partial charge in [0.05, 0.1) is 16.7 Å². The van der Waals surface area contributed by atoms with Crippen LogP contribution in [0, 0.1) is 0 Å². The van der Waals surface area contributed by atoms with E-state index >= 15 is 0 Å². The number of piperazine rings is 1. The molecule has 1 fully saturated rings. The van der Waals surface area contributed by atoms with Crippen molar-refractivity contribution in [3.8, 4) is 0 Å². The number of benzene rings is 1. The summed E-state index contributed by atoms with van der Waals surface area (Å²) in [7, 11) is 0. The molecule has 20 heavy (non-hydrogen) atoms. The van der Waals surface area contributed by atoms with Crippen LogP contribution in [0.5, 0.6) is 0 Å². The summed E-state index contributed by atoms with van der Waals surface area (Å²) in [6.07, 6.45) is -0.229. The molecule has 1 aromatic rings. The Morgan fingerprint density at radius 2 is 1.95 bits per heavy atom. The Balaban J connectivity index is 1.88. The second kappa shape index (κ2) is 7.16. The Labute approximate surface area is 129 Å². The predicted molar refractivity (Wildman–Crippen MR) is 80.3 cm³/mol. The monoisotopic (exact) mass is 316 g/mol. The Morgan fingerprint density at radius 3 is 2.60 bits per heavy atom. The molecule has 4 nitrogen and oxygen atoms in total. The largest absolute Gasteiger partial charge is 0.450 e. The first-order chi connectivity index (χ1) is 9.61. The van der Waals surface area contributed by atoms with Crippen molar-refractivity contribution in [3.63, 3.8) is 0 Å². The van der Waals surface area contributed by atoms with Gasteiger partial charge in [0.2, 0.25) is 0 Å². The lowest BCUT2D eigenvalue weighted by Crippen LogP contribution is -2.48. The number of halogens is 2. The number of ether oxygens (including phenoxy) is 1. The van der Waals surface area contributed by atoms with Crippen LogP contribution in [0.25, 0.3) is 0 Å². The maximum atomic E-state index is 11.6. The van der Waals surface area contributed by atoms with E-state index in [1.807, 2.05) is 19.1 Å². The van der Waals surface area contributed by atoms with Gasteiger partial charge in [-0.1, -0.05) is 35.3 Å². The zero-order chi connectivity index (χ0) is 14.5. The summed E-state index contributed by atoms with van der Waals surface area (Å²) in [6, 6.07) is 5.66. The lowest BCUT2D eigenvalue weighted by molar-refractivity contribution is 0.0778. The van der Waals surface area contributed by atoms with Crippen LogP contribution in [0.2, 0.25) is 10.0 Å². The van der Waals surface area contributed by atoms with E-state index in [0.29, 0.717) is 29.7 Å². The zero-order valence-corrected chi connectivity index (χ0v) is 13.0. The second-order valence-electron chi connectivity index (χ2n) is 4.68. The third-order valence-electron chi connectivity index (χ3n) is 3.32. The predicted octanol–water partition coefficient (Wildman–Crippen LogP) is 3.27. The fourth-order valence-corrected chi connectivity index (χ4v) is 2.59. The van der Waals surface area contributed by atoms with Crippen LogP contribution in [0.3, 0.4) is 0 Å². The van der Waals surface area contributed by atoms with Gasteiger partial charge in [-0.15, -0.1) is 0 Å². The van der Waals surface area contributed by atoms with Gasteiger partial charge in [0, 0.05) is 32.7 Å². The van der Waals surface area contributed by atoms with Crippen molar-refractivity contribution in [3.05, 3.63) is 33.8 Å². The van der Waals surface area contributed by atoms with Crippen LogP contribution >= 0.6 is 23.2 Å². The van der Waals surface area contributed by atoms with Gasteiger partial charge < -0.3 is 9.64 Å². The van der Waals surface area contributed by atoms with E-state index in [-0.39, 0.29) is 6.09 Å². The molecule has 0 bridgehead atoms. The van der Waals surface area contributed by atoms with Gasteiger partial charge in [0.1, 0.15) is 0 Å². The number of rotatable bonds is 3. The van der Waals surface area contributed by atoms with E-state index in [9.17, 15) is 4.79 Å². The average molecular weight is 317 g/mol. The van der Waals surface area contributed by atoms with E-state index in [1.165, 1.54) is 0 Å². The van der Waals surface area contributed by atoms with Gasteiger partial charge in [-0.3, -0.25) is 4.90 Å². The summed E-state index contributed by atoms with van der Waals surface area (Å²) in [6.45, 7) is 5.94. The number of carbonyl (C=O) groups is 1. The van der Waals surface area contributed by atoms with Crippen molar-refractivity contribution in [1.82, 2.24) is 9.80 Å². The summed E-state index contributed by atoms with van der Waals surface area (Å²) < 4.78 is 5.00. The molecule has 1 heterocycles. The van der Waals surface area contributed by atoms with Crippen molar-refractivity contribution in [2.75, 3.05) is 32.8 Å². The Hall–Kier alpha value is -0.970. The molecule has 2 rings (SSSR count). The normalized spacial score (nSPS) is 16.2. The minimum absolute atomic E-state index is 0.229. The molecule has 0 atom stereocenters. The minimum Gasteiger partial charge on any atom is -0.450 e. The number of hydrogen-bond donors (Lipinski definition) is 0. The standard InChI is InChI=1S/C14H18Cl2N2O2/c1-2-20-14(19)18-8-6-17(7-9-18)10-11-4-3-5-12(15)13(11)16/h3-5H,2,6-10H2,1H3. The highest BCUT2D eigenvalue weighted by atomic mass is 35.5. The molecule has 110 valence electrons. The highest BCUT2D eigenvalue weighted by Gasteiger charge is 2.22. The first-order valence-electron chi connectivity index (χ1n) is 6.68. The van der Waals surface area contributed by atoms with Crippen LogP contribution in [0.15, 0.2) is 18.2 Å². The summed E-state index contributed by atoms with van der Waals surface area (Å²) in [4.78, 5) is 15.6. The van der Waals surface area contributed by atoms with E-state index in [4.69, 9.17) is 27.9 Å². The van der Waals surface area contributed by atoms with E-state index in [0.717, 1.165) is 25.2 Å². The van der Waals surface area contributed by atoms with Crippen molar-refractivity contribution < 1.29 is 9.53 Å². The molecule has 1 saturated heterocycles. The fraction of sp³-hybridized carbons (Fsp3) is 0.500. The lowest BCUT2D eigenvalue weighted by atomic mass is 10.2. The fourth-order valence-electron chi connectivity index (χ4n) is 2.21. The SMILES string of the molecule is CCOC(=O)N1CCN(Cc2cccc(Cl)c2Cl)CC1. The van der Waals surface area contributed by atoms with Crippen LogP contribution in [0.4, 0.5) is 4.79 Å². The van der Waals surface area contributed by atoms with Crippen molar-refractivity contribution in [2.24, 2.45) is 0 Å². The summed E-state index contributed by atoms with van der Waals surface area (Å²) in [5, 5.41) is 1.19. The third-order valence-corrected chi connectivity index (χ3v) is 4.18. The van der Waals surface area contributed by atoms with Crippen molar-refractivity contribution in [1.29, 1.82) is 0 Å². The average Bonchev–Trinajstić information content (AvgIpc) is 2.45. The van der Waals surface area contributed by atoms with Crippen LogP contribution in [-0.2, 0) is 11.3 Å². The highest BCUT2D eigenvalue weighted by Crippen LogP contribution is 2.26. The maximum Gasteiger partial charge on any atom is 0.409 e. The Bertz CT molecular complexity index is 474. The van der Waals surface area contributed by atoms with Crippen molar-refractivity contribution >= 4 is 29.3 Å². The smallest absolute Gasteiger partial charge is 0.409 e. The molecular formula is C14H18Cl2N2O2. The third kappa shape index (κ3) is 3.78. The van der Waals surface area contributed by atoms with E-state index in [1.54, 1.807) is 11.0 Å². The molecule has 0 spiro atoms. The molecule has 1 aliphatic heterocycles. The first-order valence-corrected chi connectivity index (χ1v) is 7.44. The second-order valence-corrected chi connectivity index (χ2v) is 5.46. The maximum absolute atomic E-state index is 11.6.